The molecule has 0 radical (unpaired) electrons. The Labute approximate surface area is 91.0 Å². The van der Waals surface area contributed by atoms with E-state index in [0.717, 1.165) is 12.2 Å². The second-order valence-corrected chi connectivity index (χ2v) is 4.22. The van der Waals surface area contributed by atoms with Gasteiger partial charge in [0.25, 0.3) is 0 Å². The third-order valence-corrected chi connectivity index (χ3v) is 3.04. The molecule has 0 spiro atoms. The van der Waals surface area contributed by atoms with Gasteiger partial charge in [-0.3, -0.25) is 4.79 Å². The summed E-state index contributed by atoms with van der Waals surface area (Å²) in [4.78, 5) is 11.3. The first-order valence-electron chi connectivity index (χ1n) is 5.17. The van der Waals surface area contributed by atoms with E-state index in [1.807, 2.05) is 18.7 Å². The predicted octanol–water partition coefficient (Wildman–Crippen LogP) is 1.67. The van der Waals surface area contributed by atoms with Crippen LogP contribution >= 0.6 is 11.8 Å². The maximum atomic E-state index is 11.3. The third-order valence-electron chi connectivity index (χ3n) is 1.82. The van der Waals surface area contributed by atoms with Crippen molar-refractivity contribution in [1.82, 2.24) is 5.32 Å². The molecule has 0 fully saturated rings. The van der Waals surface area contributed by atoms with E-state index in [0.29, 0.717) is 6.61 Å². The molecule has 0 aromatic heterocycles. The summed E-state index contributed by atoms with van der Waals surface area (Å²) in [5.74, 6) is 2.05. The summed E-state index contributed by atoms with van der Waals surface area (Å²) >= 11 is 1.88. The van der Waals surface area contributed by atoms with E-state index in [-0.39, 0.29) is 12.0 Å². The summed E-state index contributed by atoms with van der Waals surface area (Å²) in [7, 11) is 1.80. The second kappa shape index (κ2) is 9.34. The van der Waals surface area contributed by atoms with Crippen molar-refractivity contribution in [3.63, 3.8) is 0 Å². The van der Waals surface area contributed by atoms with Gasteiger partial charge in [-0.25, -0.2) is 0 Å². The summed E-state index contributed by atoms with van der Waals surface area (Å²) in [6.45, 7) is 4.45. The molecule has 0 aromatic carbocycles. The van der Waals surface area contributed by atoms with Crippen LogP contribution in [0.2, 0.25) is 0 Å². The topological polar surface area (TPSA) is 38.3 Å². The zero-order valence-corrected chi connectivity index (χ0v) is 10.2. The van der Waals surface area contributed by atoms with Gasteiger partial charge < -0.3 is 10.1 Å². The highest BCUT2D eigenvalue weighted by molar-refractivity contribution is 7.99. The van der Waals surface area contributed by atoms with Crippen molar-refractivity contribution in [2.45, 2.75) is 32.7 Å². The first kappa shape index (κ1) is 13.8. The molecule has 0 amide bonds. The summed E-state index contributed by atoms with van der Waals surface area (Å²) in [6.07, 6.45) is 2.04. The Bertz CT molecular complexity index is 153. The largest absolute Gasteiger partial charge is 0.465 e. The van der Waals surface area contributed by atoms with Crippen molar-refractivity contribution >= 4 is 17.7 Å². The van der Waals surface area contributed by atoms with Gasteiger partial charge in [0.05, 0.1) is 6.61 Å². The molecule has 0 bridgehead atoms. The number of esters is 1. The first-order chi connectivity index (χ1) is 6.76. The zero-order chi connectivity index (χ0) is 10.8. The van der Waals surface area contributed by atoms with Crippen LogP contribution in [0.5, 0.6) is 0 Å². The minimum Gasteiger partial charge on any atom is -0.465 e. The molecule has 0 aliphatic carbocycles. The molecular weight excluding hydrogens is 198 g/mol. The number of ether oxygens (including phenoxy) is 1. The fourth-order valence-electron chi connectivity index (χ4n) is 1.07. The summed E-state index contributed by atoms with van der Waals surface area (Å²) in [5.41, 5.74) is 0. The van der Waals surface area contributed by atoms with E-state index >= 15 is 0 Å². The lowest BCUT2D eigenvalue weighted by Gasteiger charge is -2.13. The Morgan fingerprint density at radius 2 is 2.14 bits per heavy atom. The minimum absolute atomic E-state index is 0.132. The molecule has 1 N–H and O–H groups in total. The molecule has 14 heavy (non-hydrogen) atoms. The molecule has 84 valence electrons. The van der Waals surface area contributed by atoms with Crippen LogP contribution in [0, 0.1) is 0 Å². The van der Waals surface area contributed by atoms with E-state index in [2.05, 4.69) is 12.2 Å². The van der Waals surface area contributed by atoms with Crippen molar-refractivity contribution in [2.24, 2.45) is 0 Å². The molecule has 0 aromatic rings. The third kappa shape index (κ3) is 6.27. The highest BCUT2D eigenvalue weighted by Gasteiger charge is 2.16. The van der Waals surface area contributed by atoms with E-state index in [9.17, 15) is 4.79 Å². The molecule has 4 heteroatoms. The van der Waals surface area contributed by atoms with Gasteiger partial charge in [0.1, 0.15) is 6.04 Å². The van der Waals surface area contributed by atoms with Crippen LogP contribution in [-0.2, 0) is 9.53 Å². The smallest absolute Gasteiger partial charge is 0.323 e. The van der Waals surface area contributed by atoms with E-state index in [1.165, 1.54) is 12.2 Å². The van der Waals surface area contributed by atoms with Crippen LogP contribution in [0.4, 0.5) is 0 Å². The lowest BCUT2D eigenvalue weighted by atomic mass is 10.2. The molecule has 3 nitrogen and oxygen atoms in total. The predicted molar refractivity (Wildman–Crippen MR) is 61.7 cm³/mol. The molecule has 0 heterocycles. The van der Waals surface area contributed by atoms with Gasteiger partial charge in [0.2, 0.25) is 0 Å². The number of carbonyl (C=O) groups excluding carboxylic acids is 1. The molecule has 0 aliphatic rings. The molecule has 1 unspecified atom stereocenters. The van der Waals surface area contributed by atoms with Crippen molar-refractivity contribution in [1.29, 1.82) is 0 Å². The Hall–Kier alpha value is -0.220. The normalized spacial score (nSPS) is 12.5. The molecule has 0 saturated heterocycles. The first-order valence-corrected chi connectivity index (χ1v) is 6.33. The molecule has 0 aliphatic heterocycles. The van der Waals surface area contributed by atoms with Crippen molar-refractivity contribution in [2.75, 3.05) is 25.2 Å². The van der Waals surface area contributed by atoms with E-state index in [1.54, 1.807) is 7.05 Å². The van der Waals surface area contributed by atoms with E-state index in [4.69, 9.17) is 4.74 Å². The van der Waals surface area contributed by atoms with Crippen molar-refractivity contribution in [3.05, 3.63) is 0 Å². The van der Waals surface area contributed by atoms with Gasteiger partial charge in [0.15, 0.2) is 0 Å². The minimum atomic E-state index is -0.140. The van der Waals surface area contributed by atoms with Gasteiger partial charge in [-0.1, -0.05) is 6.92 Å². The van der Waals surface area contributed by atoms with Crippen LogP contribution in [0.25, 0.3) is 0 Å². The van der Waals surface area contributed by atoms with E-state index < -0.39 is 0 Å². The number of carbonyl (C=O) groups is 1. The maximum Gasteiger partial charge on any atom is 0.323 e. The quantitative estimate of drug-likeness (QED) is 0.498. The lowest BCUT2D eigenvalue weighted by molar-refractivity contribution is -0.145. The van der Waals surface area contributed by atoms with Crippen LogP contribution in [0.1, 0.15) is 26.7 Å². The fraction of sp³-hybridized carbons (Fsp3) is 0.900. The monoisotopic (exact) mass is 219 g/mol. The average Bonchev–Trinajstić information content (AvgIpc) is 2.18. The van der Waals surface area contributed by atoms with Crippen molar-refractivity contribution in [3.8, 4) is 0 Å². The van der Waals surface area contributed by atoms with Crippen LogP contribution in [-0.4, -0.2) is 37.2 Å². The molecular formula is C10H21NO2S. The Kier molecular flexibility index (Phi) is 9.19. The van der Waals surface area contributed by atoms with Gasteiger partial charge in [-0.05, 0) is 38.3 Å². The van der Waals surface area contributed by atoms with Gasteiger partial charge in [-0.15, -0.1) is 0 Å². The number of hydrogen-bond acceptors (Lipinski definition) is 4. The number of thioether (sulfide) groups is 1. The Morgan fingerprint density at radius 1 is 1.43 bits per heavy atom. The SMILES string of the molecule is CCCSCCC(NC)C(=O)OCC. The summed E-state index contributed by atoms with van der Waals surface area (Å²) < 4.78 is 4.94. The fourth-order valence-corrected chi connectivity index (χ4v) is 1.97. The van der Waals surface area contributed by atoms with Gasteiger partial charge >= 0.3 is 5.97 Å². The van der Waals surface area contributed by atoms with Gasteiger partial charge in [0, 0.05) is 0 Å². The van der Waals surface area contributed by atoms with Crippen LogP contribution in [0.15, 0.2) is 0 Å². The molecule has 0 rings (SSSR count). The van der Waals surface area contributed by atoms with Crippen molar-refractivity contribution < 1.29 is 9.53 Å². The molecule has 1 atom stereocenters. The highest BCUT2D eigenvalue weighted by Crippen LogP contribution is 2.07. The summed E-state index contributed by atoms with van der Waals surface area (Å²) in [5, 5.41) is 2.98. The number of hydrogen-bond donors (Lipinski definition) is 1. The van der Waals surface area contributed by atoms with Crippen LogP contribution < -0.4 is 5.32 Å². The maximum absolute atomic E-state index is 11.3. The highest BCUT2D eigenvalue weighted by atomic mass is 32.2. The Balaban J connectivity index is 3.62. The van der Waals surface area contributed by atoms with Crippen LogP contribution in [0.3, 0.4) is 0 Å². The lowest BCUT2D eigenvalue weighted by Crippen LogP contribution is -2.36. The number of likely N-dealkylation sites (N-methyl/N-ethyl adjacent to an activating group) is 1. The number of rotatable bonds is 8. The Morgan fingerprint density at radius 3 is 2.64 bits per heavy atom. The molecule has 0 saturated carbocycles. The zero-order valence-electron chi connectivity index (χ0n) is 9.34. The number of nitrogens with one attached hydrogen (secondary N) is 1. The average molecular weight is 219 g/mol. The summed E-state index contributed by atoms with van der Waals surface area (Å²) in [6, 6.07) is -0.140. The standard InChI is InChI=1S/C10H21NO2S/c1-4-7-14-8-6-9(11-3)10(12)13-5-2/h9,11H,4-8H2,1-3H3. The van der Waals surface area contributed by atoms with Gasteiger partial charge in [-0.2, -0.15) is 11.8 Å². The second-order valence-electron chi connectivity index (χ2n) is 2.99.